The van der Waals surface area contributed by atoms with Crippen LogP contribution in [0.3, 0.4) is 0 Å². The van der Waals surface area contributed by atoms with E-state index in [1.807, 2.05) is 55.6 Å². The molecule has 0 saturated heterocycles. The smallest absolute Gasteiger partial charge is 0.193 e. The summed E-state index contributed by atoms with van der Waals surface area (Å²) < 4.78 is 0. The van der Waals surface area contributed by atoms with Gasteiger partial charge in [-0.2, -0.15) is 0 Å². The first kappa shape index (κ1) is 18.9. The van der Waals surface area contributed by atoms with Gasteiger partial charge in [0, 0.05) is 18.2 Å². The Labute approximate surface area is 161 Å². The van der Waals surface area contributed by atoms with Crippen LogP contribution in [-0.2, 0) is 12.8 Å². The van der Waals surface area contributed by atoms with E-state index < -0.39 is 0 Å². The average molecular weight is 358 g/mol. The minimum Gasteiger partial charge on any atom is -0.314 e. The van der Waals surface area contributed by atoms with Gasteiger partial charge in [0.15, 0.2) is 5.78 Å². The lowest BCUT2D eigenvalue weighted by molar-refractivity contribution is 0.103. The van der Waals surface area contributed by atoms with Crippen molar-refractivity contribution in [2.24, 2.45) is 5.84 Å². The van der Waals surface area contributed by atoms with E-state index in [9.17, 15) is 4.79 Å². The Hall–Kier alpha value is -2.91. The minimum absolute atomic E-state index is 0.0659. The third-order valence-corrected chi connectivity index (χ3v) is 5.05. The van der Waals surface area contributed by atoms with Crippen molar-refractivity contribution >= 4 is 11.5 Å². The lowest BCUT2D eigenvalue weighted by Gasteiger charge is -2.19. The van der Waals surface area contributed by atoms with Crippen LogP contribution in [0, 0.1) is 13.8 Å². The molecule has 3 aromatic carbocycles. The first-order valence-electron chi connectivity index (χ1n) is 9.23. The largest absolute Gasteiger partial charge is 0.314 e. The van der Waals surface area contributed by atoms with Crippen LogP contribution in [0.5, 0.6) is 0 Å². The highest BCUT2D eigenvalue weighted by Gasteiger charge is 2.12. The van der Waals surface area contributed by atoms with Crippen molar-refractivity contribution in [3.05, 3.63) is 100 Å². The van der Waals surface area contributed by atoms with Gasteiger partial charge in [-0.15, -0.1) is 0 Å². The molecule has 0 radical (unpaired) electrons. The summed E-state index contributed by atoms with van der Waals surface area (Å²) in [5.74, 6) is 6.05. The van der Waals surface area contributed by atoms with E-state index in [0.717, 1.165) is 35.2 Å². The monoisotopic (exact) mass is 358 g/mol. The van der Waals surface area contributed by atoms with Crippen LogP contribution in [0.4, 0.5) is 5.69 Å². The fourth-order valence-electron chi connectivity index (χ4n) is 3.48. The van der Waals surface area contributed by atoms with Gasteiger partial charge in [0.05, 0.1) is 5.69 Å². The lowest BCUT2D eigenvalue weighted by atomic mass is 9.94. The standard InChI is InChI=1S/C24H26N2O/c1-17-8-7-11-23(26(3)25)22(17)15-14-19-12-13-21(16-18(19)2)24(27)20-9-5-4-6-10-20/h4-13,16H,14-15,25H2,1-3H3. The first-order valence-corrected chi connectivity index (χ1v) is 9.23. The number of hydrogen-bond acceptors (Lipinski definition) is 3. The zero-order valence-electron chi connectivity index (χ0n) is 16.2. The van der Waals surface area contributed by atoms with Gasteiger partial charge in [-0.25, -0.2) is 5.84 Å². The summed E-state index contributed by atoms with van der Waals surface area (Å²) in [7, 11) is 1.87. The van der Waals surface area contributed by atoms with E-state index in [1.165, 1.54) is 16.7 Å². The molecule has 0 aliphatic carbocycles. The van der Waals surface area contributed by atoms with E-state index in [2.05, 4.69) is 32.0 Å². The van der Waals surface area contributed by atoms with Gasteiger partial charge in [0.2, 0.25) is 0 Å². The first-order chi connectivity index (χ1) is 13.0. The fraction of sp³-hybridized carbons (Fsp3) is 0.208. The summed E-state index contributed by atoms with van der Waals surface area (Å²) in [6, 6.07) is 21.6. The molecule has 2 N–H and O–H groups in total. The van der Waals surface area contributed by atoms with Crippen molar-refractivity contribution in [3.63, 3.8) is 0 Å². The van der Waals surface area contributed by atoms with E-state index in [4.69, 9.17) is 5.84 Å². The second-order valence-electron chi connectivity index (χ2n) is 7.02. The molecule has 3 nitrogen and oxygen atoms in total. The topological polar surface area (TPSA) is 46.3 Å². The van der Waals surface area contributed by atoms with Crippen LogP contribution < -0.4 is 10.9 Å². The quantitative estimate of drug-likeness (QED) is 0.397. The van der Waals surface area contributed by atoms with Crippen molar-refractivity contribution < 1.29 is 4.79 Å². The number of hydrogen-bond donors (Lipinski definition) is 1. The summed E-state index contributed by atoms with van der Waals surface area (Å²) in [4.78, 5) is 12.6. The summed E-state index contributed by atoms with van der Waals surface area (Å²) in [5.41, 5.74) is 7.44. The molecule has 0 bridgehead atoms. The van der Waals surface area contributed by atoms with Gasteiger partial charge in [-0.3, -0.25) is 4.79 Å². The van der Waals surface area contributed by atoms with Crippen molar-refractivity contribution in [1.82, 2.24) is 0 Å². The van der Waals surface area contributed by atoms with Crippen LogP contribution in [0.2, 0.25) is 0 Å². The fourth-order valence-corrected chi connectivity index (χ4v) is 3.48. The lowest BCUT2D eigenvalue weighted by Crippen LogP contribution is -2.26. The molecule has 3 rings (SSSR count). The highest BCUT2D eigenvalue weighted by atomic mass is 16.1. The highest BCUT2D eigenvalue weighted by molar-refractivity contribution is 6.09. The van der Waals surface area contributed by atoms with Crippen LogP contribution >= 0.6 is 0 Å². The predicted octanol–water partition coefficient (Wildman–Crippen LogP) is 4.63. The van der Waals surface area contributed by atoms with Crippen molar-refractivity contribution in [3.8, 4) is 0 Å². The van der Waals surface area contributed by atoms with Gasteiger partial charge in [-0.05, 0) is 61.1 Å². The van der Waals surface area contributed by atoms with Gasteiger partial charge in [0.25, 0.3) is 0 Å². The van der Waals surface area contributed by atoms with E-state index in [-0.39, 0.29) is 5.78 Å². The number of aryl methyl sites for hydroxylation is 3. The molecular weight excluding hydrogens is 332 g/mol. The molecule has 0 unspecified atom stereocenters. The molecule has 0 fully saturated rings. The second kappa shape index (κ2) is 8.19. The Morgan fingerprint density at radius 2 is 1.59 bits per heavy atom. The Kier molecular flexibility index (Phi) is 5.72. The number of carbonyl (C=O) groups is 1. The number of carbonyl (C=O) groups excluding carboxylic acids is 1. The Morgan fingerprint density at radius 3 is 2.26 bits per heavy atom. The number of nitrogens with two attached hydrogens (primary N) is 1. The summed E-state index contributed by atoms with van der Waals surface area (Å²) in [6.45, 7) is 4.20. The molecule has 138 valence electrons. The maximum atomic E-state index is 12.6. The third kappa shape index (κ3) is 4.26. The van der Waals surface area contributed by atoms with Gasteiger partial charge >= 0.3 is 0 Å². The molecule has 0 saturated carbocycles. The second-order valence-corrected chi connectivity index (χ2v) is 7.02. The third-order valence-electron chi connectivity index (χ3n) is 5.05. The van der Waals surface area contributed by atoms with Crippen LogP contribution in [0.25, 0.3) is 0 Å². The number of anilines is 1. The van der Waals surface area contributed by atoms with Crippen molar-refractivity contribution in [1.29, 1.82) is 0 Å². The number of benzene rings is 3. The molecule has 0 atom stereocenters. The maximum absolute atomic E-state index is 12.6. The van der Waals surface area contributed by atoms with Crippen LogP contribution in [0.1, 0.15) is 38.2 Å². The SMILES string of the molecule is Cc1cc(C(=O)c2ccccc2)ccc1CCc1c(C)cccc1N(C)N. The van der Waals surface area contributed by atoms with E-state index in [0.29, 0.717) is 0 Å². The molecule has 0 heterocycles. The van der Waals surface area contributed by atoms with Crippen molar-refractivity contribution in [2.75, 3.05) is 12.1 Å². The molecule has 0 aliphatic heterocycles. The van der Waals surface area contributed by atoms with Crippen LogP contribution in [0.15, 0.2) is 66.7 Å². The van der Waals surface area contributed by atoms with Gasteiger partial charge in [-0.1, -0.05) is 54.6 Å². The molecule has 3 heteroatoms. The minimum atomic E-state index is 0.0659. The van der Waals surface area contributed by atoms with Crippen molar-refractivity contribution in [2.45, 2.75) is 26.7 Å². The summed E-state index contributed by atoms with van der Waals surface area (Å²) in [5, 5.41) is 1.68. The molecule has 27 heavy (non-hydrogen) atoms. The number of ketones is 1. The Balaban J connectivity index is 1.79. The molecule has 0 aromatic heterocycles. The molecular formula is C24H26N2O. The van der Waals surface area contributed by atoms with E-state index >= 15 is 0 Å². The molecule has 0 spiro atoms. The maximum Gasteiger partial charge on any atom is 0.193 e. The van der Waals surface area contributed by atoms with Crippen LogP contribution in [-0.4, -0.2) is 12.8 Å². The van der Waals surface area contributed by atoms with E-state index in [1.54, 1.807) is 5.01 Å². The molecule has 0 aliphatic rings. The zero-order chi connectivity index (χ0) is 19.4. The highest BCUT2D eigenvalue weighted by Crippen LogP contribution is 2.24. The Bertz CT molecular complexity index is 946. The number of nitrogens with zero attached hydrogens (tertiary/aromatic N) is 1. The average Bonchev–Trinajstić information content (AvgIpc) is 2.67. The summed E-state index contributed by atoms with van der Waals surface area (Å²) >= 11 is 0. The van der Waals surface area contributed by atoms with Gasteiger partial charge < -0.3 is 5.01 Å². The molecule has 0 amide bonds. The zero-order valence-corrected chi connectivity index (χ0v) is 16.2. The normalized spacial score (nSPS) is 10.7. The van der Waals surface area contributed by atoms with Gasteiger partial charge in [0.1, 0.15) is 0 Å². The summed E-state index contributed by atoms with van der Waals surface area (Å²) in [6.07, 6.45) is 1.83. The number of rotatable bonds is 6. The number of hydrazine groups is 1. The molecule has 3 aromatic rings. The predicted molar refractivity (Wildman–Crippen MR) is 112 cm³/mol. The Morgan fingerprint density at radius 1 is 0.852 bits per heavy atom.